The topological polar surface area (TPSA) is 89.9 Å². The number of carbonyl (C=O) groups is 3. The minimum absolute atomic E-state index is 0.0245. The van der Waals surface area contributed by atoms with Crippen molar-refractivity contribution in [2.45, 2.75) is 78.6 Å². The summed E-state index contributed by atoms with van der Waals surface area (Å²) < 4.78 is 14.0. The van der Waals surface area contributed by atoms with Gasteiger partial charge in [0.15, 0.2) is 11.6 Å². The molecule has 0 radical (unpaired) electrons. The third kappa shape index (κ3) is 5.54. The normalized spacial score (nSPS) is 26.4. The van der Waals surface area contributed by atoms with E-state index in [9.17, 15) is 14.4 Å². The second-order valence-corrected chi connectivity index (χ2v) is 11.8. The first-order chi connectivity index (χ1) is 18.7. The quantitative estimate of drug-likeness (QED) is 0.439. The standard InChI is InChI=1S/C31H41N3O5/c1-5-27(36)26-13-31-14-28(31)34(26)29(37)17-33-16-25(21(4)35)24-12-23(39-18-20(2)3)11-22(30(24)33)15-32-9-7-6-8-10-38-19-31/h6,8,11-12,16,20,26,28,32H,5,7,9-10,13-15,17-19H2,1-4H3/b8-6-/t26-,28+,31-/m0/s1. The maximum atomic E-state index is 13.9. The highest BCUT2D eigenvalue weighted by Crippen LogP contribution is 2.60. The summed E-state index contributed by atoms with van der Waals surface area (Å²) >= 11 is 0. The molecule has 8 heteroatoms. The van der Waals surface area contributed by atoms with Crippen molar-refractivity contribution in [2.24, 2.45) is 11.3 Å². The minimum atomic E-state index is -0.412. The molecule has 1 N–H and O–H groups in total. The van der Waals surface area contributed by atoms with E-state index in [4.69, 9.17) is 9.47 Å². The summed E-state index contributed by atoms with van der Waals surface area (Å²) in [6.45, 7) is 10.7. The number of Topliss-reactive ketones (excluding diaryl/α,β-unsaturated/α-hetero) is 2. The fourth-order valence-corrected chi connectivity index (χ4v) is 6.24. The van der Waals surface area contributed by atoms with Crippen LogP contribution in [0.1, 0.15) is 69.3 Å². The van der Waals surface area contributed by atoms with Crippen LogP contribution in [0, 0.1) is 11.3 Å². The lowest BCUT2D eigenvalue weighted by molar-refractivity contribution is -0.139. The van der Waals surface area contributed by atoms with Crippen molar-refractivity contribution in [3.8, 4) is 5.75 Å². The van der Waals surface area contributed by atoms with Crippen molar-refractivity contribution in [3.05, 3.63) is 41.6 Å². The first-order valence-corrected chi connectivity index (χ1v) is 14.3. The molecule has 1 saturated carbocycles. The van der Waals surface area contributed by atoms with Gasteiger partial charge in [-0.3, -0.25) is 14.4 Å². The number of amides is 1. The van der Waals surface area contributed by atoms with Crippen LogP contribution in [0.15, 0.2) is 30.5 Å². The zero-order valence-electron chi connectivity index (χ0n) is 23.6. The zero-order chi connectivity index (χ0) is 27.7. The molecule has 2 aromatic rings. The molecular weight excluding hydrogens is 494 g/mol. The van der Waals surface area contributed by atoms with Gasteiger partial charge in [0.05, 0.1) is 31.4 Å². The van der Waals surface area contributed by atoms with Gasteiger partial charge in [0.1, 0.15) is 12.3 Å². The van der Waals surface area contributed by atoms with Crippen molar-refractivity contribution in [3.63, 3.8) is 0 Å². The molecule has 1 aliphatic carbocycles. The Kier molecular flexibility index (Phi) is 7.96. The number of carbonyl (C=O) groups excluding carboxylic acids is 3. The predicted molar refractivity (Wildman–Crippen MR) is 150 cm³/mol. The fourth-order valence-electron chi connectivity index (χ4n) is 6.24. The van der Waals surface area contributed by atoms with Crippen molar-refractivity contribution in [1.82, 2.24) is 14.8 Å². The van der Waals surface area contributed by atoms with Gasteiger partial charge in [-0.15, -0.1) is 0 Å². The van der Waals surface area contributed by atoms with E-state index >= 15 is 0 Å². The van der Waals surface area contributed by atoms with Gasteiger partial charge in [-0.1, -0.05) is 32.9 Å². The maximum Gasteiger partial charge on any atom is 0.243 e. The number of piperidine rings is 1. The Morgan fingerprint density at radius 2 is 2.05 bits per heavy atom. The molecule has 5 rings (SSSR count). The SMILES string of the molecule is CCC(=O)[C@@H]1C[C@]23COC/C=C\CCNCc4cc(OCC(C)C)cc5c(C(C)=O)cn(c45)CC(=O)N1[C@@H]2C3. The molecular formula is C31H41N3O5. The molecule has 3 heterocycles. The summed E-state index contributed by atoms with van der Waals surface area (Å²) in [6, 6.07) is 3.56. The van der Waals surface area contributed by atoms with Crippen LogP contribution >= 0.6 is 0 Å². The summed E-state index contributed by atoms with van der Waals surface area (Å²) in [4.78, 5) is 41.4. The Bertz CT molecular complexity index is 1290. The van der Waals surface area contributed by atoms with Gasteiger partial charge >= 0.3 is 0 Å². The smallest absolute Gasteiger partial charge is 0.243 e. The maximum absolute atomic E-state index is 13.9. The van der Waals surface area contributed by atoms with Gasteiger partial charge in [0.2, 0.25) is 5.91 Å². The Balaban J connectivity index is 1.56. The number of aromatic nitrogens is 1. The highest BCUT2D eigenvalue weighted by molar-refractivity contribution is 6.08. The summed E-state index contributed by atoms with van der Waals surface area (Å²) in [5.41, 5.74) is 2.28. The lowest BCUT2D eigenvalue weighted by Crippen LogP contribution is -2.44. The Hall–Kier alpha value is -2.97. The molecule has 0 unspecified atom stereocenters. The second-order valence-electron chi connectivity index (χ2n) is 11.8. The molecule has 1 saturated heterocycles. The highest BCUT2D eigenvalue weighted by Gasteiger charge is 2.66. The molecule has 39 heavy (non-hydrogen) atoms. The van der Waals surface area contributed by atoms with E-state index in [2.05, 4.69) is 25.2 Å². The number of benzene rings is 1. The fraction of sp³-hybridized carbons (Fsp3) is 0.581. The average molecular weight is 536 g/mol. The number of ketones is 2. The molecule has 1 amide bonds. The first-order valence-electron chi connectivity index (χ1n) is 14.3. The largest absolute Gasteiger partial charge is 0.493 e. The zero-order valence-corrected chi connectivity index (χ0v) is 23.6. The molecule has 2 fully saturated rings. The predicted octanol–water partition coefficient (Wildman–Crippen LogP) is 4.28. The van der Waals surface area contributed by atoms with Crippen LogP contribution in [0.5, 0.6) is 5.75 Å². The van der Waals surface area contributed by atoms with Crippen LogP contribution in [0.2, 0.25) is 0 Å². The van der Waals surface area contributed by atoms with Crippen molar-refractivity contribution in [1.29, 1.82) is 0 Å². The number of nitrogens with one attached hydrogen (secondary N) is 1. The van der Waals surface area contributed by atoms with Gasteiger partial charge in [-0.2, -0.15) is 0 Å². The van der Waals surface area contributed by atoms with Crippen LogP contribution in [0.25, 0.3) is 10.9 Å². The summed E-state index contributed by atoms with van der Waals surface area (Å²) in [7, 11) is 0. The van der Waals surface area contributed by atoms with Crippen LogP contribution in [0.4, 0.5) is 0 Å². The van der Waals surface area contributed by atoms with Crippen LogP contribution in [-0.2, 0) is 27.4 Å². The van der Waals surface area contributed by atoms with E-state index in [0.29, 0.717) is 50.7 Å². The minimum Gasteiger partial charge on any atom is -0.493 e. The van der Waals surface area contributed by atoms with Crippen LogP contribution in [0.3, 0.4) is 0 Å². The van der Waals surface area contributed by atoms with E-state index in [1.807, 2.05) is 34.6 Å². The third-order valence-electron chi connectivity index (χ3n) is 8.29. The van der Waals surface area contributed by atoms with E-state index in [0.717, 1.165) is 41.6 Å². The average Bonchev–Trinajstić information content (AvgIpc) is 3.31. The van der Waals surface area contributed by atoms with Gasteiger partial charge < -0.3 is 24.3 Å². The highest BCUT2D eigenvalue weighted by atomic mass is 16.5. The molecule has 1 aromatic heterocycles. The number of ether oxygens (including phenoxy) is 2. The van der Waals surface area contributed by atoms with Crippen molar-refractivity contribution >= 4 is 28.4 Å². The second kappa shape index (κ2) is 11.3. The van der Waals surface area contributed by atoms with E-state index in [1.165, 1.54) is 0 Å². The molecule has 210 valence electrons. The van der Waals surface area contributed by atoms with Crippen molar-refractivity contribution in [2.75, 3.05) is 26.4 Å². The van der Waals surface area contributed by atoms with Gasteiger partial charge in [-0.25, -0.2) is 0 Å². The summed E-state index contributed by atoms with van der Waals surface area (Å²) in [6.07, 6.45) is 8.76. The van der Waals surface area contributed by atoms with Gasteiger partial charge in [0, 0.05) is 41.6 Å². The first kappa shape index (κ1) is 27.6. The molecule has 1 aromatic carbocycles. The Morgan fingerprint density at radius 1 is 1.23 bits per heavy atom. The molecule has 8 nitrogen and oxygen atoms in total. The molecule has 3 aliphatic rings. The third-order valence-corrected chi connectivity index (χ3v) is 8.29. The van der Waals surface area contributed by atoms with Crippen molar-refractivity contribution < 1.29 is 23.9 Å². The molecule has 2 aliphatic heterocycles. The summed E-state index contributed by atoms with van der Waals surface area (Å²) in [5.74, 6) is 1.05. The number of nitrogens with zero attached hydrogens (tertiary/aromatic N) is 2. The number of hydrogen-bond acceptors (Lipinski definition) is 6. The number of rotatable bonds is 6. The van der Waals surface area contributed by atoms with Gasteiger partial charge in [-0.05, 0) is 56.3 Å². The molecule has 3 atom stereocenters. The Labute approximate surface area is 230 Å². The van der Waals surface area contributed by atoms with E-state index in [-0.39, 0.29) is 35.5 Å². The summed E-state index contributed by atoms with van der Waals surface area (Å²) in [5, 5.41) is 4.30. The molecule has 2 bridgehead atoms. The molecule has 0 spiro atoms. The van der Waals surface area contributed by atoms with E-state index < -0.39 is 6.04 Å². The lowest BCUT2D eigenvalue weighted by atomic mass is 9.97. The van der Waals surface area contributed by atoms with Crippen LogP contribution in [-0.4, -0.2) is 65.4 Å². The monoisotopic (exact) mass is 535 g/mol. The number of hydrogen-bond donors (Lipinski definition) is 1. The van der Waals surface area contributed by atoms with Gasteiger partial charge in [0.25, 0.3) is 0 Å². The Morgan fingerprint density at radius 3 is 2.79 bits per heavy atom. The van der Waals surface area contributed by atoms with E-state index in [1.54, 1.807) is 13.1 Å². The van der Waals surface area contributed by atoms with Crippen LogP contribution < -0.4 is 10.1 Å². The lowest BCUT2D eigenvalue weighted by Gasteiger charge is -2.27.